The van der Waals surface area contributed by atoms with E-state index in [-0.39, 0.29) is 5.82 Å². The third kappa shape index (κ3) is 4.35. The summed E-state index contributed by atoms with van der Waals surface area (Å²) in [7, 11) is 1.32. The topological polar surface area (TPSA) is 96.7 Å². The number of aromatic nitrogens is 1. The number of rotatable bonds is 5. The van der Waals surface area contributed by atoms with E-state index in [2.05, 4.69) is 15.8 Å². The Labute approximate surface area is 196 Å². The normalized spacial score (nSPS) is 15.8. The van der Waals surface area contributed by atoms with Crippen molar-refractivity contribution in [2.75, 3.05) is 17.3 Å². The van der Waals surface area contributed by atoms with Gasteiger partial charge in [0.25, 0.3) is 5.91 Å². The van der Waals surface area contributed by atoms with Gasteiger partial charge in [0.05, 0.1) is 24.3 Å². The van der Waals surface area contributed by atoms with E-state index in [0.717, 1.165) is 5.69 Å². The van der Waals surface area contributed by atoms with Crippen LogP contribution >= 0.6 is 12.2 Å². The number of hydrogen-bond acceptors (Lipinski definition) is 6. The van der Waals surface area contributed by atoms with Crippen LogP contribution in [-0.2, 0) is 9.53 Å². The number of hydrogen-bond donors (Lipinski definition) is 2. The second-order valence-electron chi connectivity index (χ2n) is 7.41. The minimum atomic E-state index is -0.694. The molecule has 4 rings (SSSR count). The van der Waals surface area contributed by atoms with Crippen LogP contribution in [0.2, 0.25) is 0 Å². The summed E-state index contributed by atoms with van der Waals surface area (Å²) in [5, 5.41) is 10.3. The summed E-state index contributed by atoms with van der Waals surface area (Å²) >= 11 is 5.68. The van der Waals surface area contributed by atoms with Crippen molar-refractivity contribution in [3.05, 3.63) is 88.8 Å². The number of nitrogens with zero attached hydrogens (tertiary/aromatic N) is 2. The average molecular weight is 463 g/mol. The lowest BCUT2D eigenvalue weighted by molar-refractivity contribution is -0.113. The van der Waals surface area contributed by atoms with E-state index < -0.39 is 17.9 Å². The lowest BCUT2D eigenvalue weighted by Crippen LogP contribution is -2.48. The van der Waals surface area contributed by atoms with Gasteiger partial charge < -0.3 is 19.9 Å². The summed E-state index contributed by atoms with van der Waals surface area (Å²) in [5.41, 5.74) is 2.70. The molecule has 0 fully saturated rings. The molecule has 0 radical (unpaired) electrons. The second kappa shape index (κ2) is 9.25. The molecule has 1 amide bonds. The molecule has 1 aliphatic rings. The molecule has 168 valence electrons. The third-order valence-electron chi connectivity index (χ3n) is 5.29. The number of carbonyl (C=O) groups is 2. The Morgan fingerprint density at radius 3 is 2.48 bits per heavy atom. The number of amides is 1. The van der Waals surface area contributed by atoms with Gasteiger partial charge in [-0.3, -0.25) is 9.69 Å². The van der Waals surface area contributed by atoms with Crippen LogP contribution in [0.15, 0.2) is 76.5 Å². The van der Waals surface area contributed by atoms with Crippen molar-refractivity contribution in [2.24, 2.45) is 0 Å². The Balaban J connectivity index is 1.85. The molecular formula is C24H22N4O4S. The van der Waals surface area contributed by atoms with Gasteiger partial charge in [-0.15, -0.1) is 0 Å². The maximum absolute atomic E-state index is 13.5. The van der Waals surface area contributed by atoms with Gasteiger partial charge in [0.2, 0.25) is 0 Å². The molecule has 0 bridgehead atoms. The summed E-state index contributed by atoms with van der Waals surface area (Å²) in [6.45, 7) is 3.55. The van der Waals surface area contributed by atoms with Crippen molar-refractivity contribution >= 4 is 40.7 Å². The number of esters is 1. The van der Waals surface area contributed by atoms with Crippen molar-refractivity contribution < 1.29 is 18.8 Å². The van der Waals surface area contributed by atoms with E-state index in [9.17, 15) is 9.59 Å². The number of ether oxygens (including phenoxy) is 1. The Morgan fingerprint density at radius 1 is 1.12 bits per heavy atom. The quantitative estimate of drug-likeness (QED) is 0.432. The fourth-order valence-electron chi connectivity index (χ4n) is 3.81. The molecule has 0 aliphatic carbocycles. The summed E-state index contributed by atoms with van der Waals surface area (Å²) < 4.78 is 10.0. The molecule has 2 aromatic carbocycles. The minimum absolute atomic E-state index is 0.289. The van der Waals surface area contributed by atoms with E-state index >= 15 is 0 Å². The van der Waals surface area contributed by atoms with Crippen LogP contribution in [0.1, 0.15) is 34.6 Å². The first-order chi connectivity index (χ1) is 15.9. The highest BCUT2D eigenvalue weighted by Gasteiger charge is 2.36. The highest BCUT2D eigenvalue weighted by molar-refractivity contribution is 7.80. The van der Waals surface area contributed by atoms with Gasteiger partial charge in [0.1, 0.15) is 5.76 Å². The van der Waals surface area contributed by atoms with Crippen LogP contribution in [0.3, 0.4) is 0 Å². The fourth-order valence-corrected chi connectivity index (χ4v) is 4.17. The molecule has 8 nitrogen and oxygen atoms in total. The smallest absolute Gasteiger partial charge is 0.338 e. The lowest BCUT2D eigenvalue weighted by atomic mass is 9.90. The van der Waals surface area contributed by atoms with Crippen LogP contribution < -0.4 is 15.5 Å². The number of anilines is 2. The average Bonchev–Trinajstić information content (AvgIpc) is 3.23. The van der Waals surface area contributed by atoms with Crippen LogP contribution in [0, 0.1) is 6.92 Å². The van der Waals surface area contributed by atoms with Crippen LogP contribution in [0.5, 0.6) is 0 Å². The van der Waals surface area contributed by atoms with Crippen molar-refractivity contribution in [1.29, 1.82) is 0 Å². The molecule has 2 heterocycles. The van der Waals surface area contributed by atoms with E-state index in [4.69, 9.17) is 21.5 Å². The number of thiocarbonyl (C=S) groups is 1. The SMILES string of the molecule is COC(=O)c1ccccc1[C@H]1NC(=S)N(c2ccccc2)C(C)=C1C(=O)Nc1cc(C)on1. The highest BCUT2D eigenvalue weighted by Crippen LogP contribution is 2.35. The van der Waals surface area contributed by atoms with Crippen LogP contribution in [0.25, 0.3) is 0 Å². The Kier molecular flexibility index (Phi) is 6.23. The van der Waals surface area contributed by atoms with Gasteiger partial charge in [0.15, 0.2) is 10.9 Å². The Hall–Kier alpha value is -3.98. The molecule has 2 N–H and O–H groups in total. The summed E-state index contributed by atoms with van der Waals surface area (Å²) in [6.07, 6.45) is 0. The summed E-state index contributed by atoms with van der Waals surface area (Å²) in [4.78, 5) is 27.8. The molecule has 1 aliphatic heterocycles. The van der Waals surface area contributed by atoms with Crippen molar-refractivity contribution in [1.82, 2.24) is 10.5 Å². The molecule has 9 heteroatoms. The van der Waals surface area contributed by atoms with Gasteiger partial charge in [-0.2, -0.15) is 0 Å². The monoisotopic (exact) mass is 462 g/mol. The first-order valence-corrected chi connectivity index (χ1v) is 10.6. The third-order valence-corrected chi connectivity index (χ3v) is 5.59. The minimum Gasteiger partial charge on any atom is -0.465 e. The van der Waals surface area contributed by atoms with Gasteiger partial charge in [0, 0.05) is 17.5 Å². The zero-order valence-corrected chi connectivity index (χ0v) is 19.1. The predicted molar refractivity (Wildman–Crippen MR) is 128 cm³/mol. The molecule has 0 saturated heterocycles. The number of aryl methyl sites for hydroxylation is 1. The number of benzene rings is 2. The van der Waals surface area contributed by atoms with Gasteiger partial charge in [-0.1, -0.05) is 41.6 Å². The van der Waals surface area contributed by atoms with E-state index in [1.807, 2.05) is 37.3 Å². The first-order valence-electron chi connectivity index (χ1n) is 10.2. The Morgan fingerprint density at radius 2 is 1.82 bits per heavy atom. The van der Waals surface area contributed by atoms with Crippen molar-refractivity contribution in [2.45, 2.75) is 19.9 Å². The molecule has 0 spiro atoms. The van der Waals surface area contributed by atoms with Crippen molar-refractivity contribution in [3.63, 3.8) is 0 Å². The molecule has 0 unspecified atom stereocenters. The zero-order valence-electron chi connectivity index (χ0n) is 18.3. The first kappa shape index (κ1) is 22.2. The number of nitrogens with one attached hydrogen (secondary N) is 2. The Bertz CT molecular complexity index is 1250. The summed E-state index contributed by atoms with van der Waals surface area (Å²) in [6, 6.07) is 17.4. The lowest BCUT2D eigenvalue weighted by Gasteiger charge is -2.38. The second-order valence-corrected chi connectivity index (χ2v) is 7.80. The van der Waals surface area contributed by atoms with Gasteiger partial charge in [-0.05, 0) is 49.8 Å². The van der Waals surface area contributed by atoms with E-state index in [1.54, 1.807) is 42.2 Å². The van der Waals surface area contributed by atoms with Crippen LogP contribution in [-0.4, -0.2) is 29.3 Å². The van der Waals surface area contributed by atoms with E-state index in [0.29, 0.717) is 33.3 Å². The van der Waals surface area contributed by atoms with Crippen LogP contribution in [0.4, 0.5) is 11.5 Å². The molecule has 33 heavy (non-hydrogen) atoms. The molecule has 1 aromatic heterocycles. The maximum Gasteiger partial charge on any atom is 0.338 e. The number of para-hydroxylation sites is 1. The summed E-state index contributed by atoms with van der Waals surface area (Å²) in [5.74, 6) is -0.0515. The fraction of sp³-hybridized carbons (Fsp3) is 0.167. The molecule has 0 saturated carbocycles. The number of methoxy groups -OCH3 is 1. The zero-order chi connectivity index (χ0) is 23.5. The standard InChI is InChI=1S/C24H22N4O4S/c1-14-13-19(27-32-14)25-22(29)20-15(2)28(16-9-5-4-6-10-16)24(33)26-21(20)17-11-7-8-12-18(17)23(30)31-3/h4-13,21H,1-3H3,(H,26,33)(H,25,27,29)/t21-/m1/s1. The number of carbonyl (C=O) groups excluding carboxylic acids is 2. The molecule has 1 atom stereocenters. The largest absolute Gasteiger partial charge is 0.465 e. The maximum atomic E-state index is 13.5. The molecule has 3 aromatic rings. The van der Waals surface area contributed by atoms with Gasteiger partial charge in [-0.25, -0.2) is 4.79 Å². The molecular weight excluding hydrogens is 440 g/mol. The van der Waals surface area contributed by atoms with Gasteiger partial charge >= 0.3 is 5.97 Å². The van der Waals surface area contributed by atoms with Crippen molar-refractivity contribution in [3.8, 4) is 0 Å². The predicted octanol–water partition coefficient (Wildman–Crippen LogP) is 4.12. The highest BCUT2D eigenvalue weighted by atomic mass is 32.1. The number of allylic oxidation sites excluding steroid dienone is 1. The van der Waals surface area contributed by atoms with E-state index in [1.165, 1.54) is 7.11 Å².